The molecule has 0 aromatic heterocycles. The minimum atomic E-state index is -1.17. The van der Waals surface area contributed by atoms with Crippen LogP contribution in [0.2, 0.25) is 0 Å². The maximum atomic E-state index is 11.9. The predicted octanol–water partition coefficient (Wildman–Crippen LogP) is 1.25. The summed E-state index contributed by atoms with van der Waals surface area (Å²) in [5.41, 5.74) is 0. The van der Waals surface area contributed by atoms with Gasteiger partial charge < -0.3 is 15.5 Å². The molecule has 4 atom stereocenters. The van der Waals surface area contributed by atoms with Crippen LogP contribution in [0, 0.1) is 17.8 Å². The van der Waals surface area contributed by atoms with Crippen molar-refractivity contribution in [1.82, 2.24) is 5.32 Å². The van der Waals surface area contributed by atoms with Crippen molar-refractivity contribution in [1.29, 1.82) is 0 Å². The molecule has 0 heterocycles. The lowest BCUT2D eigenvalue weighted by Gasteiger charge is -2.22. The van der Waals surface area contributed by atoms with Crippen LogP contribution in [-0.2, 0) is 14.4 Å². The van der Waals surface area contributed by atoms with E-state index in [1.807, 2.05) is 0 Å². The molecule has 0 aliphatic heterocycles. The second-order valence-electron chi connectivity index (χ2n) is 6.03. The Morgan fingerprint density at radius 1 is 1.15 bits per heavy atom. The molecule has 6 nitrogen and oxygen atoms in total. The summed E-state index contributed by atoms with van der Waals surface area (Å²) in [6.45, 7) is 0. The Labute approximate surface area is 117 Å². The molecule has 0 radical (unpaired) electrons. The smallest absolute Gasteiger partial charge is 0.326 e. The highest BCUT2D eigenvalue weighted by Gasteiger charge is 2.40. The van der Waals surface area contributed by atoms with Crippen LogP contribution in [0.5, 0.6) is 0 Å². The highest BCUT2D eigenvalue weighted by atomic mass is 16.4. The average molecular weight is 283 g/mol. The number of carboxylic acid groups (broad SMARTS) is 2. The van der Waals surface area contributed by atoms with Gasteiger partial charge in [0.25, 0.3) is 0 Å². The first-order valence-electron chi connectivity index (χ1n) is 7.19. The quantitative estimate of drug-likeness (QED) is 0.652. The van der Waals surface area contributed by atoms with Crippen LogP contribution >= 0.6 is 0 Å². The lowest BCUT2D eigenvalue weighted by molar-refractivity contribution is -0.143. The Morgan fingerprint density at radius 3 is 2.40 bits per heavy atom. The summed E-state index contributed by atoms with van der Waals surface area (Å²) >= 11 is 0. The molecule has 0 spiro atoms. The van der Waals surface area contributed by atoms with Gasteiger partial charge in [-0.2, -0.15) is 0 Å². The first-order chi connectivity index (χ1) is 9.45. The number of aliphatic carboxylic acids is 2. The summed E-state index contributed by atoms with van der Waals surface area (Å²) in [7, 11) is 0. The van der Waals surface area contributed by atoms with Crippen molar-refractivity contribution < 1.29 is 24.6 Å². The number of carboxylic acids is 2. The predicted molar refractivity (Wildman–Crippen MR) is 70.0 cm³/mol. The Kier molecular flexibility index (Phi) is 4.62. The molecular formula is C14H21NO5. The fourth-order valence-corrected chi connectivity index (χ4v) is 3.64. The average Bonchev–Trinajstić information content (AvgIpc) is 2.95. The minimum absolute atomic E-state index is 0.0763. The van der Waals surface area contributed by atoms with Crippen molar-refractivity contribution in [3.05, 3.63) is 0 Å². The fourth-order valence-electron chi connectivity index (χ4n) is 3.64. The number of rotatable bonds is 7. The maximum Gasteiger partial charge on any atom is 0.326 e. The third-order valence-corrected chi connectivity index (χ3v) is 4.61. The lowest BCUT2D eigenvalue weighted by atomic mass is 9.86. The van der Waals surface area contributed by atoms with Gasteiger partial charge in [0.2, 0.25) is 5.91 Å². The molecule has 2 fully saturated rings. The van der Waals surface area contributed by atoms with E-state index in [0.29, 0.717) is 18.3 Å². The van der Waals surface area contributed by atoms with Gasteiger partial charge in [-0.25, -0.2) is 4.79 Å². The molecule has 2 saturated carbocycles. The number of fused-ring (bicyclic) bond motifs is 2. The van der Waals surface area contributed by atoms with Crippen molar-refractivity contribution >= 4 is 17.8 Å². The van der Waals surface area contributed by atoms with Gasteiger partial charge in [-0.05, 0) is 43.4 Å². The van der Waals surface area contributed by atoms with E-state index in [0.717, 1.165) is 12.3 Å². The van der Waals surface area contributed by atoms with E-state index in [1.54, 1.807) is 0 Å². The van der Waals surface area contributed by atoms with Crippen LogP contribution in [0.25, 0.3) is 0 Å². The van der Waals surface area contributed by atoms with Crippen LogP contribution in [-0.4, -0.2) is 34.1 Å². The van der Waals surface area contributed by atoms with Crippen LogP contribution in [0.4, 0.5) is 0 Å². The Hall–Kier alpha value is -1.59. The molecule has 20 heavy (non-hydrogen) atoms. The summed E-state index contributed by atoms with van der Waals surface area (Å²) in [5, 5.41) is 20.0. The van der Waals surface area contributed by atoms with Crippen molar-refractivity contribution in [2.24, 2.45) is 17.8 Å². The van der Waals surface area contributed by atoms with Gasteiger partial charge in [0.15, 0.2) is 0 Å². The van der Waals surface area contributed by atoms with Gasteiger partial charge in [0, 0.05) is 12.8 Å². The summed E-state index contributed by atoms with van der Waals surface area (Å²) in [4.78, 5) is 33.4. The lowest BCUT2D eigenvalue weighted by Crippen LogP contribution is -2.42. The SMILES string of the molecule is O=C(O)CCC(NC(=O)CC1CC2CCC1C2)C(=O)O. The van der Waals surface area contributed by atoms with E-state index in [-0.39, 0.29) is 18.7 Å². The highest BCUT2D eigenvalue weighted by Crippen LogP contribution is 2.49. The number of hydrogen-bond donors (Lipinski definition) is 3. The zero-order valence-electron chi connectivity index (χ0n) is 11.4. The van der Waals surface area contributed by atoms with Gasteiger partial charge in [-0.1, -0.05) is 6.42 Å². The summed E-state index contributed by atoms with van der Waals surface area (Å²) in [6.07, 6.45) is 4.77. The van der Waals surface area contributed by atoms with Crippen LogP contribution < -0.4 is 5.32 Å². The third kappa shape index (κ3) is 3.71. The number of hydrogen-bond acceptors (Lipinski definition) is 3. The second kappa shape index (κ2) is 6.24. The number of carbonyl (C=O) groups is 3. The van der Waals surface area contributed by atoms with E-state index in [9.17, 15) is 14.4 Å². The summed E-state index contributed by atoms with van der Waals surface area (Å²) in [5.74, 6) is -0.748. The third-order valence-electron chi connectivity index (χ3n) is 4.61. The number of carbonyl (C=O) groups excluding carboxylic acids is 1. The van der Waals surface area contributed by atoms with Crippen molar-refractivity contribution in [2.75, 3.05) is 0 Å². The van der Waals surface area contributed by atoms with Crippen molar-refractivity contribution in [2.45, 2.75) is 51.0 Å². The molecule has 1 amide bonds. The highest BCUT2D eigenvalue weighted by molar-refractivity contribution is 5.84. The van der Waals surface area contributed by atoms with Gasteiger partial charge in [0.05, 0.1) is 0 Å². The number of nitrogens with one attached hydrogen (secondary N) is 1. The molecule has 2 bridgehead atoms. The molecular weight excluding hydrogens is 262 g/mol. The van der Waals surface area contributed by atoms with E-state index < -0.39 is 18.0 Å². The molecule has 2 aliphatic rings. The summed E-state index contributed by atoms with van der Waals surface area (Å²) in [6, 6.07) is -1.10. The molecule has 4 unspecified atom stereocenters. The maximum absolute atomic E-state index is 11.9. The van der Waals surface area contributed by atoms with Crippen LogP contribution in [0.1, 0.15) is 44.9 Å². The minimum Gasteiger partial charge on any atom is -0.481 e. The molecule has 0 aromatic carbocycles. The first kappa shape index (κ1) is 14.8. The van der Waals surface area contributed by atoms with Gasteiger partial charge in [-0.15, -0.1) is 0 Å². The molecule has 0 aromatic rings. The zero-order chi connectivity index (χ0) is 14.7. The topological polar surface area (TPSA) is 104 Å². The Balaban J connectivity index is 1.79. The Bertz CT molecular complexity index is 408. The van der Waals surface area contributed by atoms with E-state index >= 15 is 0 Å². The van der Waals surface area contributed by atoms with Gasteiger partial charge in [0.1, 0.15) is 6.04 Å². The second-order valence-corrected chi connectivity index (χ2v) is 6.03. The monoisotopic (exact) mass is 283 g/mol. The van der Waals surface area contributed by atoms with E-state index in [1.165, 1.54) is 19.3 Å². The van der Waals surface area contributed by atoms with Crippen molar-refractivity contribution in [3.8, 4) is 0 Å². The Morgan fingerprint density at radius 2 is 1.90 bits per heavy atom. The zero-order valence-corrected chi connectivity index (χ0v) is 11.4. The molecule has 3 N–H and O–H groups in total. The normalized spacial score (nSPS) is 29.1. The largest absolute Gasteiger partial charge is 0.481 e. The summed E-state index contributed by atoms with van der Waals surface area (Å²) < 4.78 is 0. The van der Waals surface area contributed by atoms with Crippen molar-refractivity contribution in [3.63, 3.8) is 0 Å². The molecule has 2 rings (SSSR count). The van der Waals surface area contributed by atoms with E-state index in [2.05, 4.69) is 5.32 Å². The molecule has 6 heteroatoms. The molecule has 2 aliphatic carbocycles. The molecule has 112 valence electrons. The van der Waals surface area contributed by atoms with Gasteiger partial charge in [-0.3, -0.25) is 9.59 Å². The fraction of sp³-hybridized carbons (Fsp3) is 0.786. The standard InChI is InChI=1S/C14H21NO5/c16-12(7-10-6-8-1-2-9(10)5-8)15-11(14(19)20)3-4-13(17)18/h8-11H,1-7H2,(H,15,16)(H,17,18)(H,19,20). The van der Waals surface area contributed by atoms with Crippen LogP contribution in [0.15, 0.2) is 0 Å². The van der Waals surface area contributed by atoms with Crippen LogP contribution in [0.3, 0.4) is 0 Å². The number of amides is 1. The van der Waals surface area contributed by atoms with E-state index in [4.69, 9.17) is 10.2 Å². The first-order valence-corrected chi connectivity index (χ1v) is 7.19. The molecule has 0 saturated heterocycles. The van der Waals surface area contributed by atoms with Gasteiger partial charge >= 0.3 is 11.9 Å².